The van der Waals surface area contributed by atoms with Crippen molar-refractivity contribution in [2.24, 2.45) is 0 Å². The van der Waals surface area contributed by atoms with E-state index in [0.717, 1.165) is 11.3 Å². The second-order valence-corrected chi connectivity index (χ2v) is 8.76. The van der Waals surface area contributed by atoms with E-state index in [1.54, 1.807) is 17.0 Å². The average Bonchev–Trinajstić information content (AvgIpc) is 3.10. The summed E-state index contributed by atoms with van der Waals surface area (Å²) >= 11 is 6.02. The van der Waals surface area contributed by atoms with Crippen LogP contribution in [0.15, 0.2) is 53.1 Å². The number of halogens is 1. The third-order valence-corrected chi connectivity index (χ3v) is 5.28. The van der Waals surface area contributed by atoms with Crippen LogP contribution < -0.4 is 5.32 Å². The first-order valence-corrected chi connectivity index (χ1v) is 9.93. The van der Waals surface area contributed by atoms with Gasteiger partial charge in [0, 0.05) is 29.4 Å². The molecule has 0 unspecified atom stereocenters. The van der Waals surface area contributed by atoms with Gasteiger partial charge in [-0.15, -0.1) is 0 Å². The van der Waals surface area contributed by atoms with Crippen LogP contribution in [-0.2, 0) is 5.41 Å². The Bertz CT molecular complexity index is 1020. The lowest BCUT2D eigenvalue weighted by Gasteiger charge is -2.36. The highest BCUT2D eigenvalue weighted by molar-refractivity contribution is 6.30. The Hall–Kier alpha value is -2.86. The van der Waals surface area contributed by atoms with Gasteiger partial charge < -0.3 is 14.7 Å². The standard InChI is InChI=1S/C22H23ClN4O2/c1-22(2,3)16-7-9-18(10-8-16)24-21(28)27-12-15(13-27)20-25-19(26-29-20)14-5-4-6-17(23)11-14/h4-11,15H,12-13H2,1-3H3,(H,24,28). The summed E-state index contributed by atoms with van der Waals surface area (Å²) in [5, 5.41) is 7.59. The topological polar surface area (TPSA) is 71.3 Å². The Morgan fingerprint density at radius 3 is 2.55 bits per heavy atom. The van der Waals surface area contributed by atoms with E-state index in [4.69, 9.17) is 16.1 Å². The molecular weight excluding hydrogens is 388 g/mol. The maximum atomic E-state index is 12.5. The summed E-state index contributed by atoms with van der Waals surface area (Å²) < 4.78 is 5.39. The van der Waals surface area contributed by atoms with Gasteiger partial charge in [-0.3, -0.25) is 0 Å². The molecule has 29 heavy (non-hydrogen) atoms. The largest absolute Gasteiger partial charge is 0.339 e. The molecule has 3 aromatic rings. The fourth-order valence-electron chi connectivity index (χ4n) is 3.20. The normalized spacial score (nSPS) is 14.6. The average molecular weight is 411 g/mol. The van der Waals surface area contributed by atoms with Gasteiger partial charge in [-0.1, -0.05) is 61.8 Å². The number of hydrogen-bond acceptors (Lipinski definition) is 4. The number of aromatic nitrogens is 2. The predicted octanol–water partition coefficient (Wildman–Crippen LogP) is 5.32. The Balaban J connectivity index is 1.33. The first-order valence-electron chi connectivity index (χ1n) is 9.55. The van der Waals surface area contributed by atoms with Crippen molar-refractivity contribution in [2.45, 2.75) is 32.1 Å². The molecule has 1 aliphatic rings. The van der Waals surface area contributed by atoms with E-state index in [9.17, 15) is 4.79 Å². The Kier molecular flexibility index (Phi) is 5.04. The number of likely N-dealkylation sites (tertiary alicyclic amines) is 1. The van der Waals surface area contributed by atoms with Gasteiger partial charge in [0.2, 0.25) is 11.7 Å². The Morgan fingerprint density at radius 2 is 1.90 bits per heavy atom. The summed E-state index contributed by atoms with van der Waals surface area (Å²) in [6, 6.07) is 15.2. The first-order chi connectivity index (χ1) is 13.8. The molecule has 0 bridgehead atoms. The van der Waals surface area contributed by atoms with Crippen molar-refractivity contribution in [1.29, 1.82) is 0 Å². The van der Waals surface area contributed by atoms with Gasteiger partial charge in [0.15, 0.2) is 0 Å². The van der Waals surface area contributed by atoms with Crippen LogP contribution in [0.5, 0.6) is 0 Å². The van der Waals surface area contributed by atoms with Gasteiger partial charge >= 0.3 is 6.03 Å². The van der Waals surface area contributed by atoms with E-state index in [0.29, 0.717) is 29.8 Å². The number of nitrogens with zero attached hydrogens (tertiary/aromatic N) is 3. The number of benzene rings is 2. The van der Waals surface area contributed by atoms with Crippen molar-refractivity contribution >= 4 is 23.3 Å². The lowest BCUT2D eigenvalue weighted by molar-refractivity contribution is 0.147. The van der Waals surface area contributed by atoms with Crippen molar-refractivity contribution in [3.63, 3.8) is 0 Å². The smallest absolute Gasteiger partial charge is 0.321 e. The molecule has 2 aromatic carbocycles. The van der Waals surface area contributed by atoms with E-state index in [1.807, 2.05) is 36.4 Å². The number of rotatable bonds is 3. The molecule has 1 N–H and O–H groups in total. The van der Waals surface area contributed by atoms with E-state index in [2.05, 4.69) is 36.2 Å². The Morgan fingerprint density at radius 1 is 1.17 bits per heavy atom. The predicted molar refractivity (Wildman–Crippen MR) is 113 cm³/mol. The van der Waals surface area contributed by atoms with Crippen molar-refractivity contribution in [3.05, 3.63) is 65.0 Å². The van der Waals surface area contributed by atoms with Crippen LogP contribution in [0.25, 0.3) is 11.4 Å². The zero-order valence-corrected chi connectivity index (χ0v) is 17.4. The summed E-state index contributed by atoms with van der Waals surface area (Å²) in [6.45, 7) is 7.58. The van der Waals surface area contributed by atoms with E-state index in [-0.39, 0.29) is 17.4 Å². The lowest BCUT2D eigenvalue weighted by Crippen LogP contribution is -2.50. The van der Waals surface area contributed by atoms with Gasteiger partial charge in [0.1, 0.15) is 0 Å². The van der Waals surface area contributed by atoms with Crippen molar-refractivity contribution in [2.75, 3.05) is 18.4 Å². The number of anilines is 1. The van der Waals surface area contributed by atoms with Gasteiger partial charge in [-0.05, 0) is 35.2 Å². The molecule has 7 heteroatoms. The summed E-state index contributed by atoms with van der Waals surface area (Å²) in [5.74, 6) is 1.09. The van der Waals surface area contributed by atoms with Crippen molar-refractivity contribution in [3.8, 4) is 11.4 Å². The molecule has 0 aliphatic carbocycles. The molecule has 0 atom stereocenters. The van der Waals surface area contributed by atoms with Crippen LogP contribution >= 0.6 is 11.6 Å². The van der Waals surface area contributed by atoms with E-state index < -0.39 is 0 Å². The Labute approximate surface area is 174 Å². The molecule has 1 saturated heterocycles. The SMILES string of the molecule is CC(C)(C)c1ccc(NC(=O)N2CC(c3nc(-c4cccc(Cl)c4)no3)C2)cc1. The minimum absolute atomic E-state index is 0.0458. The molecule has 1 aliphatic heterocycles. The lowest BCUT2D eigenvalue weighted by atomic mass is 9.87. The van der Waals surface area contributed by atoms with Crippen molar-refractivity contribution in [1.82, 2.24) is 15.0 Å². The minimum atomic E-state index is -0.126. The zero-order chi connectivity index (χ0) is 20.6. The third-order valence-electron chi connectivity index (χ3n) is 5.04. The molecule has 0 spiro atoms. The second-order valence-electron chi connectivity index (χ2n) is 8.33. The van der Waals surface area contributed by atoms with E-state index >= 15 is 0 Å². The number of urea groups is 1. The number of nitrogens with one attached hydrogen (secondary N) is 1. The second kappa shape index (κ2) is 7.52. The molecule has 0 radical (unpaired) electrons. The summed E-state index contributed by atoms with van der Waals surface area (Å²) in [5.41, 5.74) is 2.90. The summed E-state index contributed by atoms with van der Waals surface area (Å²) in [6.07, 6.45) is 0. The summed E-state index contributed by atoms with van der Waals surface area (Å²) in [4.78, 5) is 18.6. The van der Waals surface area contributed by atoms with Gasteiger partial charge in [0.05, 0.1) is 5.92 Å². The molecule has 150 valence electrons. The van der Waals surface area contributed by atoms with Crippen LogP contribution in [0.4, 0.5) is 10.5 Å². The zero-order valence-electron chi connectivity index (χ0n) is 16.6. The molecule has 1 aromatic heterocycles. The molecule has 2 heterocycles. The van der Waals surface area contributed by atoms with Crippen LogP contribution in [0.3, 0.4) is 0 Å². The molecule has 2 amide bonds. The van der Waals surface area contributed by atoms with Crippen LogP contribution in [0, 0.1) is 0 Å². The summed E-state index contributed by atoms with van der Waals surface area (Å²) in [7, 11) is 0. The maximum absolute atomic E-state index is 12.5. The fraction of sp³-hybridized carbons (Fsp3) is 0.318. The molecule has 4 rings (SSSR count). The highest BCUT2D eigenvalue weighted by Gasteiger charge is 2.35. The van der Waals surface area contributed by atoms with Gasteiger partial charge in [-0.2, -0.15) is 4.98 Å². The van der Waals surface area contributed by atoms with E-state index in [1.165, 1.54) is 5.56 Å². The minimum Gasteiger partial charge on any atom is -0.339 e. The van der Waals surface area contributed by atoms with Crippen LogP contribution in [-0.4, -0.2) is 34.2 Å². The monoisotopic (exact) mass is 410 g/mol. The third kappa shape index (κ3) is 4.27. The highest BCUT2D eigenvalue weighted by atomic mass is 35.5. The van der Waals surface area contributed by atoms with Gasteiger partial charge in [-0.25, -0.2) is 4.79 Å². The van der Waals surface area contributed by atoms with Crippen LogP contribution in [0.1, 0.15) is 38.1 Å². The molecular formula is C22H23ClN4O2. The molecule has 6 nitrogen and oxygen atoms in total. The number of amides is 2. The quantitative estimate of drug-likeness (QED) is 0.634. The van der Waals surface area contributed by atoms with Gasteiger partial charge in [0.25, 0.3) is 0 Å². The number of carbonyl (C=O) groups is 1. The van der Waals surface area contributed by atoms with Crippen molar-refractivity contribution < 1.29 is 9.32 Å². The van der Waals surface area contributed by atoms with Crippen LogP contribution in [0.2, 0.25) is 5.02 Å². The number of hydrogen-bond donors (Lipinski definition) is 1. The first kappa shape index (κ1) is 19.5. The molecule has 1 fully saturated rings. The molecule has 0 saturated carbocycles. The maximum Gasteiger partial charge on any atom is 0.321 e. The number of carbonyl (C=O) groups excluding carboxylic acids is 1. The fourth-order valence-corrected chi connectivity index (χ4v) is 3.39. The highest BCUT2D eigenvalue weighted by Crippen LogP contribution is 2.29.